The molecule has 0 aromatic heterocycles. The van der Waals surface area contributed by atoms with Crippen LogP contribution in [0, 0.1) is 12.7 Å². The van der Waals surface area contributed by atoms with E-state index < -0.39 is 6.04 Å². The Balaban J connectivity index is 3.26. The Labute approximate surface area is 82.9 Å². The van der Waals surface area contributed by atoms with Gasteiger partial charge in [0, 0.05) is 6.04 Å². The van der Waals surface area contributed by atoms with Gasteiger partial charge in [0.05, 0.1) is 6.61 Å². The summed E-state index contributed by atoms with van der Waals surface area (Å²) in [5, 5.41) is 9.07. The third kappa shape index (κ3) is 2.00. The molecule has 0 saturated carbocycles. The number of nitrogens with two attached hydrogens (primary N) is 1. The number of benzene rings is 1. The van der Waals surface area contributed by atoms with Crippen molar-refractivity contribution in [3.05, 3.63) is 47.3 Å². The number of aryl methyl sites for hydroxylation is 1. The quantitative estimate of drug-likeness (QED) is 0.722. The number of aliphatic hydroxyl groups excluding tert-OH is 1. The zero-order chi connectivity index (χ0) is 10.7. The van der Waals surface area contributed by atoms with E-state index in [2.05, 4.69) is 6.58 Å². The van der Waals surface area contributed by atoms with Gasteiger partial charge in [-0.3, -0.25) is 0 Å². The average Bonchev–Trinajstić information content (AvgIpc) is 2.20. The first-order valence-electron chi connectivity index (χ1n) is 4.38. The van der Waals surface area contributed by atoms with E-state index in [1.54, 1.807) is 13.0 Å². The molecule has 1 unspecified atom stereocenters. The van der Waals surface area contributed by atoms with Crippen LogP contribution in [0.5, 0.6) is 0 Å². The normalized spacial score (nSPS) is 12.6. The van der Waals surface area contributed by atoms with Crippen molar-refractivity contribution in [2.75, 3.05) is 0 Å². The molecule has 3 N–H and O–H groups in total. The molecule has 1 atom stereocenters. The lowest BCUT2D eigenvalue weighted by molar-refractivity contribution is 0.280. The Morgan fingerprint density at radius 2 is 2.29 bits per heavy atom. The summed E-state index contributed by atoms with van der Waals surface area (Å²) >= 11 is 0. The molecule has 1 aromatic rings. The van der Waals surface area contributed by atoms with Crippen molar-refractivity contribution in [2.45, 2.75) is 19.6 Å². The summed E-state index contributed by atoms with van der Waals surface area (Å²) in [5.74, 6) is -0.311. The predicted molar refractivity (Wildman–Crippen MR) is 54.2 cm³/mol. The summed E-state index contributed by atoms with van der Waals surface area (Å²) in [6.07, 6.45) is 1.52. The maximum atomic E-state index is 13.2. The molecule has 0 radical (unpaired) electrons. The second-order valence-corrected chi connectivity index (χ2v) is 3.22. The Bertz CT molecular complexity index is 349. The Morgan fingerprint density at radius 1 is 1.64 bits per heavy atom. The average molecular weight is 195 g/mol. The molecule has 1 rings (SSSR count). The maximum absolute atomic E-state index is 13.2. The lowest BCUT2D eigenvalue weighted by atomic mass is 9.99. The lowest BCUT2D eigenvalue weighted by Crippen LogP contribution is -2.10. The fourth-order valence-corrected chi connectivity index (χ4v) is 1.33. The van der Waals surface area contributed by atoms with Crippen LogP contribution < -0.4 is 5.73 Å². The van der Waals surface area contributed by atoms with Crippen LogP contribution in [0.1, 0.15) is 22.7 Å². The summed E-state index contributed by atoms with van der Waals surface area (Å²) in [6, 6.07) is 2.52. The van der Waals surface area contributed by atoms with Gasteiger partial charge in [-0.15, -0.1) is 6.58 Å². The molecule has 0 aliphatic heterocycles. The molecular weight excluding hydrogens is 181 g/mol. The van der Waals surface area contributed by atoms with Gasteiger partial charge in [0.1, 0.15) is 5.82 Å². The van der Waals surface area contributed by atoms with Crippen LogP contribution in [0.4, 0.5) is 4.39 Å². The summed E-state index contributed by atoms with van der Waals surface area (Å²) < 4.78 is 13.2. The van der Waals surface area contributed by atoms with E-state index in [0.717, 1.165) is 0 Å². The number of rotatable bonds is 3. The Kier molecular flexibility index (Phi) is 3.38. The largest absolute Gasteiger partial charge is 0.392 e. The zero-order valence-corrected chi connectivity index (χ0v) is 8.13. The predicted octanol–water partition coefficient (Wildman–Crippen LogP) is 1.81. The van der Waals surface area contributed by atoms with Crippen molar-refractivity contribution in [1.82, 2.24) is 0 Å². The van der Waals surface area contributed by atoms with E-state index in [1.165, 1.54) is 12.1 Å². The Morgan fingerprint density at radius 3 is 2.79 bits per heavy atom. The van der Waals surface area contributed by atoms with E-state index >= 15 is 0 Å². The minimum atomic E-state index is -0.438. The molecule has 3 heteroatoms. The van der Waals surface area contributed by atoms with Crippen LogP contribution in [-0.2, 0) is 6.61 Å². The molecule has 1 aromatic carbocycles. The van der Waals surface area contributed by atoms with E-state index in [-0.39, 0.29) is 12.4 Å². The van der Waals surface area contributed by atoms with Gasteiger partial charge in [0.25, 0.3) is 0 Å². The smallest absolute Gasteiger partial charge is 0.126 e. The molecule has 0 bridgehead atoms. The molecule has 0 aliphatic rings. The van der Waals surface area contributed by atoms with Gasteiger partial charge in [0.15, 0.2) is 0 Å². The van der Waals surface area contributed by atoms with Crippen LogP contribution >= 0.6 is 0 Å². The van der Waals surface area contributed by atoms with Gasteiger partial charge < -0.3 is 10.8 Å². The first-order chi connectivity index (χ1) is 6.60. The lowest BCUT2D eigenvalue weighted by Gasteiger charge is -2.13. The van der Waals surface area contributed by atoms with Crippen LogP contribution in [0.2, 0.25) is 0 Å². The number of halogens is 1. The minimum absolute atomic E-state index is 0.141. The van der Waals surface area contributed by atoms with Gasteiger partial charge in [-0.1, -0.05) is 12.1 Å². The second kappa shape index (κ2) is 4.35. The molecule has 0 spiro atoms. The summed E-state index contributed by atoms with van der Waals surface area (Å²) in [6.45, 7) is 5.05. The van der Waals surface area contributed by atoms with Crippen molar-refractivity contribution >= 4 is 0 Å². The number of hydrogen-bond donors (Lipinski definition) is 2. The standard InChI is InChI=1S/C11H14FNO/c1-3-11(13)9-5-10(12)7(2)4-8(9)6-14/h3-5,11,14H,1,6,13H2,2H3. The first kappa shape index (κ1) is 10.9. The monoisotopic (exact) mass is 195 g/mol. The highest BCUT2D eigenvalue weighted by atomic mass is 19.1. The van der Waals surface area contributed by atoms with Crippen molar-refractivity contribution in [1.29, 1.82) is 0 Å². The fourth-order valence-electron chi connectivity index (χ4n) is 1.33. The SMILES string of the molecule is C=CC(N)c1cc(F)c(C)cc1CO. The van der Waals surface area contributed by atoms with Crippen molar-refractivity contribution in [3.63, 3.8) is 0 Å². The highest BCUT2D eigenvalue weighted by Crippen LogP contribution is 2.21. The van der Waals surface area contributed by atoms with Gasteiger partial charge in [-0.2, -0.15) is 0 Å². The second-order valence-electron chi connectivity index (χ2n) is 3.22. The molecule has 76 valence electrons. The van der Waals surface area contributed by atoms with Gasteiger partial charge in [-0.25, -0.2) is 4.39 Å². The maximum Gasteiger partial charge on any atom is 0.126 e. The molecule has 0 saturated heterocycles. The molecule has 0 aliphatic carbocycles. The van der Waals surface area contributed by atoms with E-state index in [9.17, 15) is 4.39 Å². The molecular formula is C11H14FNO. The van der Waals surface area contributed by atoms with E-state index in [4.69, 9.17) is 10.8 Å². The number of aliphatic hydroxyl groups is 1. The summed E-state index contributed by atoms with van der Waals surface area (Å²) in [7, 11) is 0. The van der Waals surface area contributed by atoms with Gasteiger partial charge in [0.2, 0.25) is 0 Å². The first-order valence-corrected chi connectivity index (χ1v) is 4.38. The topological polar surface area (TPSA) is 46.2 Å². The summed E-state index contributed by atoms with van der Waals surface area (Å²) in [5.41, 5.74) is 7.44. The van der Waals surface area contributed by atoms with Gasteiger partial charge >= 0.3 is 0 Å². The highest BCUT2D eigenvalue weighted by molar-refractivity contribution is 5.35. The minimum Gasteiger partial charge on any atom is -0.392 e. The highest BCUT2D eigenvalue weighted by Gasteiger charge is 2.10. The van der Waals surface area contributed by atoms with Crippen LogP contribution in [0.25, 0.3) is 0 Å². The molecule has 2 nitrogen and oxygen atoms in total. The molecule has 0 amide bonds. The third-order valence-corrected chi connectivity index (χ3v) is 2.20. The number of hydrogen-bond acceptors (Lipinski definition) is 2. The molecule has 14 heavy (non-hydrogen) atoms. The Hall–Kier alpha value is -1.19. The van der Waals surface area contributed by atoms with Crippen molar-refractivity contribution < 1.29 is 9.50 Å². The van der Waals surface area contributed by atoms with Gasteiger partial charge in [-0.05, 0) is 29.7 Å². The van der Waals surface area contributed by atoms with E-state index in [1.807, 2.05) is 0 Å². The molecule has 0 fully saturated rings. The fraction of sp³-hybridized carbons (Fsp3) is 0.273. The zero-order valence-electron chi connectivity index (χ0n) is 8.13. The van der Waals surface area contributed by atoms with Crippen LogP contribution in [-0.4, -0.2) is 5.11 Å². The summed E-state index contributed by atoms with van der Waals surface area (Å²) in [4.78, 5) is 0. The van der Waals surface area contributed by atoms with Crippen molar-refractivity contribution in [3.8, 4) is 0 Å². The van der Waals surface area contributed by atoms with Crippen molar-refractivity contribution in [2.24, 2.45) is 5.73 Å². The van der Waals surface area contributed by atoms with Crippen LogP contribution in [0.3, 0.4) is 0 Å². The van der Waals surface area contributed by atoms with Crippen LogP contribution in [0.15, 0.2) is 24.8 Å². The third-order valence-electron chi connectivity index (χ3n) is 2.20. The van der Waals surface area contributed by atoms with E-state index in [0.29, 0.717) is 16.7 Å². The molecule has 0 heterocycles.